The van der Waals surface area contributed by atoms with Crippen molar-refractivity contribution < 1.29 is 4.79 Å². The first-order valence-corrected chi connectivity index (χ1v) is 3.43. The summed E-state index contributed by atoms with van der Waals surface area (Å²) in [4.78, 5) is 10.4. The standard InChI is InChI=1S/C6H15N3O.2ClH/c7-4-2-1-3-5(8)6(9)10;;/h5H,1-4,7-8H2,(H2,9,10);2*1H. The first-order chi connectivity index (χ1) is 4.68. The number of carbonyl (C=O) groups excluding carboxylic acids is 1. The molecule has 6 heteroatoms. The Kier molecular flexibility index (Phi) is 16.4. The van der Waals surface area contributed by atoms with Crippen LogP contribution in [-0.4, -0.2) is 18.5 Å². The fourth-order valence-electron chi connectivity index (χ4n) is 0.651. The second kappa shape index (κ2) is 11.0. The number of halogens is 2. The average Bonchev–Trinajstić information content (AvgIpc) is 1.88. The van der Waals surface area contributed by atoms with E-state index in [2.05, 4.69) is 0 Å². The van der Waals surface area contributed by atoms with E-state index in [4.69, 9.17) is 17.2 Å². The van der Waals surface area contributed by atoms with Gasteiger partial charge in [-0.15, -0.1) is 24.8 Å². The summed E-state index contributed by atoms with van der Waals surface area (Å²) in [5, 5.41) is 0. The molecule has 0 saturated carbocycles. The second-order valence-corrected chi connectivity index (χ2v) is 2.29. The molecule has 0 heterocycles. The normalized spacial score (nSPS) is 10.8. The summed E-state index contributed by atoms with van der Waals surface area (Å²) in [6.07, 6.45) is 2.42. The molecular weight excluding hydrogens is 201 g/mol. The number of nitrogens with two attached hydrogens (primary N) is 3. The summed E-state index contributed by atoms with van der Waals surface area (Å²) in [5.41, 5.74) is 15.5. The van der Waals surface area contributed by atoms with Crippen LogP contribution in [0.15, 0.2) is 0 Å². The number of unbranched alkanes of at least 4 members (excludes halogenated alkanes) is 1. The molecule has 0 saturated heterocycles. The van der Waals surface area contributed by atoms with Gasteiger partial charge in [0.25, 0.3) is 0 Å². The van der Waals surface area contributed by atoms with Crippen molar-refractivity contribution >= 4 is 30.7 Å². The van der Waals surface area contributed by atoms with Crippen molar-refractivity contribution in [3.63, 3.8) is 0 Å². The summed E-state index contributed by atoms with van der Waals surface area (Å²) >= 11 is 0. The molecule has 12 heavy (non-hydrogen) atoms. The summed E-state index contributed by atoms with van der Waals surface area (Å²) in [6, 6.07) is -0.494. The maximum absolute atomic E-state index is 10.4. The van der Waals surface area contributed by atoms with Crippen molar-refractivity contribution in [2.24, 2.45) is 17.2 Å². The van der Waals surface area contributed by atoms with Crippen molar-refractivity contribution in [3.05, 3.63) is 0 Å². The molecule has 4 nitrogen and oxygen atoms in total. The van der Waals surface area contributed by atoms with Gasteiger partial charge >= 0.3 is 0 Å². The molecule has 0 rings (SSSR count). The maximum Gasteiger partial charge on any atom is 0.234 e. The number of hydrogen-bond acceptors (Lipinski definition) is 3. The highest BCUT2D eigenvalue weighted by Gasteiger charge is 2.06. The lowest BCUT2D eigenvalue weighted by atomic mass is 10.1. The van der Waals surface area contributed by atoms with Gasteiger partial charge in [0, 0.05) is 0 Å². The van der Waals surface area contributed by atoms with Gasteiger partial charge in [-0.05, 0) is 19.4 Å². The zero-order valence-electron chi connectivity index (χ0n) is 6.86. The Morgan fingerprint density at radius 1 is 1.25 bits per heavy atom. The van der Waals surface area contributed by atoms with Crippen molar-refractivity contribution in [2.45, 2.75) is 25.3 Å². The van der Waals surface area contributed by atoms with Gasteiger partial charge in [0.2, 0.25) is 5.91 Å². The number of carbonyl (C=O) groups is 1. The fourth-order valence-corrected chi connectivity index (χ4v) is 0.651. The maximum atomic E-state index is 10.4. The van der Waals surface area contributed by atoms with Gasteiger partial charge in [-0.1, -0.05) is 6.42 Å². The lowest BCUT2D eigenvalue weighted by molar-refractivity contribution is -0.119. The molecule has 0 radical (unpaired) electrons. The van der Waals surface area contributed by atoms with Crippen molar-refractivity contribution in [1.82, 2.24) is 0 Å². The molecule has 1 amide bonds. The highest BCUT2D eigenvalue weighted by molar-refractivity contribution is 5.85. The third-order valence-electron chi connectivity index (χ3n) is 1.33. The summed E-state index contributed by atoms with van der Waals surface area (Å²) in [7, 11) is 0. The number of amides is 1. The Labute approximate surface area is 85.1 Å². The Balaban J connectivity index is -0.000000405. The van der Waals surface area contributed by atoms with E-state index >= 15 is 0 Å². The molecule has 0 aliphatic rings. The molecule has 0 fully saturated rings. The largest absolute Gasteiger partial charge is 0.368 e. The predicted octanol–water partition coefficient (Wildman–Crippen LogP) is -0.228. The molecule has 0 bridgehead atoms. The van der Waals surface area contributed by atoms with Crippen LogP contribution in [0.4, 0.5) is 0 Å². The van der Waals surface area contributed by atoms with E-state index in [0.29, 0.717) is 13.0 Å². The van der Waals surface area contributed by atoms with E-state index < -0.39 is 11.9 Å². The number of primary amides is 1. The van der Waals surface area contributed by atoms with Crippen LogP contribution in [0.2, 0.25) is 0 Å². The zero-order valence-corrected chi connectivity index (χ0v) is 8.50. The minimum absolute atomic E-state index is 0. The molecule has 1 atom stereocenters. The van der Waals surface area contributed by atoms with Crippen LogP contribution in [0.3, 0.4) is 0 Å². The van der Waals surface area contributed by atoms with E-state index in [-0.39, 0.29) is 24.8 Å². The van der Waals surface area contributed by atoms with Gasteiger partial charge in [-0.3, -0.25) is 4.79 Å². The third kappa shape index (κ3) is 9.97. The lowest BCUT2D eigenvalue weighted by Crippen LogP contribution is -2.36. The van der Waals surface area contributed by atoms with Gasteiger partial charge in [0.05, 0.1) is 6.04 Å². The van der Waals surface area contributed by atoms with Crippen LogP contribution in [0.25, 0.3) is 0 Å². The Bertz CT molecular complexity index is 113. The van der Waals surface area contributed by atoms with Gasteiger partial charge < -0.3 is 17.2 Å². The Morgan fingerprint density at radius 3 is 2.08 bits per heavy atom. The molecule has 0 aromatic rings. The van der Waals surface area contributed by atoms with E-state index in [1.165, 1.54) is 0 Å². The quantitative estimate of drug-likeness (QED) is 0.556. The molecule has 0 aliphatic heterocycles. The molecule has 1 unspecified atom stereocenters. The molecule has 76 valence electrons. The van der Waals surface area contributed by atoms with E-state index in [9.17, 15) is 4.79 Å². The van der Waals surface area contributed by atoms with E-state index in [1.54, 1.807) is 0 Å². The van der Waals surface area contributed by atoms with Gasteiger partial charge in [-0.25, -0.2) is 0 Å². The van der Waals surface area contributed by atoms with Gasteiger partial charge in [0.1, 0.15) is 0 Å². The van der Waals surface area contributed by atoms with Gasteiger partial charge in [0.15, 0.2) is 0 Å². The Morgan fingerprint density at radius 2 is 1.75 bits per heavy atom. The molecule has 6 N–H and O–H groups in total. The van der Waals surface area contributed by atoms with E-state index in [1.807, 2.05) is 0 Å². The monoisotopic (exact) mass is 217 g/mol. The fraction of sp³-hybridized carbons (Fsp3) is 0.833. The molecular formula is C6H17Cl2N3O. The van der Waals surface area contributed by atoms with Crippen LogP contribution < -0.4 is 17.2 Å². The zero-order chi connectivity index (χ0) is 7.98. The van der Waals surface area contributed by atoms with E-state index in [0.717, 1.165) is 12.8 Å². The number of hydrogen-bond donors (Lipinski definition) is 3. The second-order valence-electron chi connectivity index (χ2n) is 2.29. The van der Waals surface area contributed by atoms with Crippen LogP contribution in [0.1, 0.15) is 19.3 Å². The minimum atomic E-state index is -0.494. The predicted molar refractivity (Wildman–Crippen MR) is 54.6 cm³/mol. The van der Waals surface area contributed by atoms with Crippen LogP contribution >= 0.6 is 24.8 Å². The van der Waals surface area contributed by atoms with Crippen molar-refractivity contribution in [3.8, 4) is 0 Å². The molecule has 0 aromatic carbocycles. The van der Waals surface area contributed by atoms with Crippen LogP contribution in [-0.2, 0) is 4.79 Å². The Hall–Kier alpha value is -0.0300. The topological polar surface area (TPSA) is 95.1 Å². The molecule has 0 aromatic heterocycles. The third-order valence-corrected chi connectivity index (χ3v) is 1.33. The number of rotatable bonds is 5. The first-order valence-electron chi connectivity index (χ1n) is 3.43. The van der Waals surface area contributed by atoms with Crippen LogP contribution in [0, 0.1) is 0 Å². The summed E-state index contributed by atoms with van der Waals surface area (Å²) in [6.45, 7) is 0.644. The highest BCUT2D eigenvalue weighted by Crippen LogP contribution is 1.96. The minimum Gasteiger partial charge on any atom is -0.368 e. The highest BCUT2D eigenvalue weighted by atomic mass is 35.5. The average molecular weight is 218 g/mol. The lowest BCUT2D eigenvalue weighted by Gasteiger charge is -2.04. The van der Waals surface area contributed by atoms with Crippen molar-refractivity contribution in [2.75, 3.05) is 6.54 Å². The smallest absolute Gasteiger partial charge is 0.234 e. The molecule has 0 aliphatic carbocycles. The van der Waals surface area contributed by atoms with Crippen LogP contribution in [0.5, 0.6) is 0 Å². The summed E-state index contributed by atoms with van der Waals surface area (Å²) < 4.78 is 0. The van der Waals surface area contributed by atoms with Crippen molar-refractivity contribution in [1.29, 1.82) is 0 Å². The van der Waals surface area contributed by atoms with Gasteiger partial charge in [-0.2, -0.15) is 0 Å². The first kappa shape index (κ1) is 17.9. The molecule has 0 spiro atoms. The summed E-state index contributed by atoms with van der Waals surface area (Å²) in [5.74, 6) is -0.433. The SMILES string of the molecule is Cl.Cl.NCCCCC(N)C(N)=O.